The van der Waals surface area contributed by atoms with E-state index in [0.717, 1.165) is 61.4 Å². The monoisotopic (exact) mass is 748 g/mol. The van der Waals surface area contributed by atoms with Crippen molar-refractivity contribution in [1.29, 1.82) is 0 Å². The van der Waals surface area contributed by atoms with Crippen molar-refractivity contribution in [3.63, 3.8) is 0 Å². The van der Waals surface area contributed by atoms with Gasteiger partial charge in [-0.15, -0.1) is 0 Å². The van der Waals surface area contributed by atoms with Gasteiger partial charge in [-0.3, -0.25) is 19.1 Å². The Morgan fingerprint density at radius 1 is 0.981 bits per heavy atom. The topological polar surface area (TPSA) is 161 Å². The van der Waals surface area contributed by atoms with Crippen LogP contribution < -0.4 is 14.8 Å². The van der Waals surface area contributed by atoms with Crippen LogP contribution in [0.15, 0.2) is 36.4 Å². The van der Waals surface area contributed by atoms with Gasteiger partial charge in [0.25, 0.3) is 0 Å². The van der Waals surface area contributed by atoms with Gasteiger partial charge in [0.2, 0.25) is 27.7 Å². The molecule has 3 amide bonds. The van der Waals surface area contributed by atoms with Gasteiger partial charge in [-0.1, -0.05) is 43.2 Å². The van der Waals surface area contributed by atoms with Gasteiger partial charge >= 0.3 is 6.09 Å². The van der Waals surface area contributed by atoms with Gasteiger partial charge in [0.15, 0.2) is 5.78 Å². The number of aryl methyl sites for hydroxylation is 2. The molecule has 3 fully saturated rings. The summed E-state index contributed by atoms with van der Waals surface area (Å²) >= 11 is 0. The molecular weight excluding hydrogens is 697 g/mol. The number of hydrogen-bond acceptors (Lipinski definition) is 9. The van der Waals surface area contributed by atoms with Crippen molar-refractivity contribution in [1.82, 2.24) is 19.9 Å². The summed E-state index contributed by atoms with van der Waals surface area (Å²) in [5.41, 5.74) is 0.236. The summed E-state index contributed by atoms with van der Waals surface area (Å²) in [4.78, 5) is 62.4. The molecular formula is C40H52N4O8S. The maximum atomic E-state index is 14.5. The number of nitrogens with zero attached hydrogens (tertiary/aromatic N) is 2. The van der Waals surface area contributed by atoms with Gasteiger partial charge in [0, 0.05) is 23.9 Å². The molecule has 7 rings (SSSR count). The number of carbonyl (C=O) groups excluding carboxylic acids is 4. The molecule has 0 bridgehead atoms. The van der Waals surface area contributed by atoms with E-state index in [4.69, 9.17) is 14.5 Å². The second-order valence-electron chi connectivity index (χ2n) is 16.6. The van der Waals surface area contributed by atoms with Crippen LogP contribution in [0, 0.1) is 11.3 Å². The van der Waals surface area contributed by atoms with Crippen molar-refractivity contribution in [3.05, 3.63) is 47.7 Å². The Hall–Kier alpha value is -4.00. The molecule has 5 aliphatic rings. The fourth-order valence-electron chi connectivity index (χ4n) is 8.30. The summed E-state index contributed by atoms with van der Waals surface area (Å²) in [5, 5.41) is 4.17. The summed E-state index contributed by atoms with van der Waals surface area (Å²) in [6.07, 6.45) is 11.2. The van der Waals surface area contributed by atoms with E-state index in [1.54, 1.807) is 20.8 Å². The fraction of sp³-hybridized carbons (Fsp3) is 0.625. The maximum absolute atomic E-state index is 14.5. The van der Waals surface area contributed by atoms with E-state index in [1.807, 2.05) is 30.4 Å². The van der Waals surface area contributed by atoms with Crippen molar-refractivity contribution in [3.8, 4) is 5.88 Å². The van der Waals surface area contributed by atoms with Crippen molar-refractivity contribution in [2.45, 2.75) is 140 Å². The average molecular weight is 749 g/mol. The first-order valence-corrected chi connectivity index (χ1v) is 20.9. The molecule has 0 spiro atoms. The molecule has 5 atom stereocenters. The zero-order valence-corrected chi connectivity index (χ0v) is 31.8. The van der Waals surface area contributed by atoms with Gasteiger partial charge < -0.3 is 19.7 Å². The van der Waals surface area contributed by atoms with Gasteiger partial charge in [0.05, 0.1) is 23.3 Å². The number of aromatic nitrogens is 1. The predicted molar refractivity (Wildman–Crippen MR) is 199 cm³/mol. The number of benzene rings is 1. The lowest BCUT2D eigenvalue weighted by atomic mass is 9.91. The number of nitrogens with one attached hydrogen (secondary N) is 2. The van der Waals surface area contributed by atoms with Gasteiger partial charge in [-0.05, 0) is 108 Å². The molecule has 13 heteroatoms. The number of Topliss-reactive ketones (excluding diaryl/α,β-unsaturated/α-hetero) is 1. The first kappa shape index (κ1) is 37.3. The van der Waals surface area contributed by atoms with E-state index in [-0.39, 0.29) is 31.1 Å². The van der Waals surface area contributed by atoms with E-state index < -0.39 is 62.4 Å². The highest BCUT2D eigenvalue weighted by Gasteiger charge is 2.61. The summed E-state index contributed by atoms with van der Waals surface area (Å²) in [6, 6.07) is 6.11. The second-order valence-corrected chi connectivity index (χ2v) is 18.6. The molecule has 53 heavy (non-hydrogen) atoms. The molecule has 3 heterocycles. The normalized spacial score (nSPS) is 28.8. The quantitative estimate of drug-likeness (QED) is 0.366. The van der Waals surface area contributed by atoms with Crippen LogP contribution in [0.5, 0.6) is 5.88 Å². The highest BCUT2D eigenvalue weighted by atomic mass is 32.2. The number of carbonyl (C=O) groups is 4. The molecule has 12 nitrogen and oxygen atoms in total. The molecule has 1 aromatic carbocycles. The Balaban J connectivity index is 1.20. The highest BCUT2D eigenvalue weighted by molar-refractivity contribution is 7.90. The molecule has 2 N–H and O–H groups in total. The van der Waals surface area contributed by atoms with Crippen molar-refractivity contribution >= 4 is 44.5 Å². The van der Waals surface area contributed by atoms with E-state index in [1.165, 1.54) is 10.5 Å². The third kappa shape index (κ3) is 8.24. The zero-order valence-electron chi connectivity index (χ0n) is 31.0. The summed E-state index contributed by atoms with van der Waals surface area (Å²) in [5.74, 6) is -1.25. The summed E-state index contributed by atoms with van der Waals surface area (Å²) < 4.78 is 40.2. The molecule has 2 saturated carbocycles. The average Bonchev–Trinajstić information content (AvgIpc) is 4.03. The van der Waals surface area contributed by atoms with Gasteiger partial charge in [-0.25, -0.2) is 18.2 Å². The van der Waals surface area contributed by atoms with Crippen LogP contribution in [0.2, 0.25) is 0 Å². The van der Waals surface area contributed by atoms with Crippen molar-refractivity contribution in [2.24, 2.45) is 11.3 Å². The molecule has 0 unspecified atom stereocenters. The number of pyridine rings is 1. The zero-order chi connectivity index (χ0) is 37.5. The van der Waals surface area contributed by atoms with Crippen LogP contribution in [-0.4, -0.2) is 77.6 Å². The van der Waals surface area contributed by atoms with Crippen LogP contribution in [0.3, 0.4) is 0 Å². The number of alkyl carbamates (subject to hydrolysis) is 1. The summed E-state index contributed by atoms with van der Waals surface area (Å²) in [7, 11) is -3.84. The number of rotatable bonds is 6. The number of sulfonamides is 1. The minimum atomic E-state index is -3.84. The SMILES string of the molecule is CC(C)(C)OC(=O)N[C@H]1CCCCC/C=C\[C@@H]2C[C@@]2(C(=O)NS(=O)(=O)C2CC2)CC(=O)[C@@H]2C[C@@H](Oc3nc4c(c5ccccc35)CCCC4)CN2C1=O. The van der Waals surface area contributed by atoms with Crippen molar-refractivity contribution < 1.29 is 37.1 Å². The molecule has 2 aromatic rings. The first-order valence-electron chi connectivity index (χ1n) is 19.4. The predicted octanol–water partition coefficient (Wildman–Crippen LogP) is 5.45. The number of fused-ring (bicyclic) bond motifs is 5. The number of allylic oxidation sites excluding steroid dienone is 2. The van der Waals surface area contributed by atoms with Crippen LogP contribution in [0.25, 0.3) is 10.8 Å². The Morgan fingerprint density at radius 3 is 2.49 bits per heavy atom. The van der Waals surface area contributed by atoms with Gasteiger partial charge in [0.1, 0.15) is 17.7 Å². The van der Waals surface area contributed by atoms with Gasteiger partial charge in [-0.2, -0.15) is 0 Å². The highest BCUT2D eigenvalue weighted by Crippen LogP contribution is 2.57. The van der Waals surface area contributed by atoms with Crippen LogP contribution in [-0.2, 0) is 42.0 Å². The standard InChI is InChI=1S/C40H52N4O8S/c1-39(2,3)52-38(48)42-32-18-8-6-4-5-7-13-25-22-40(25,37(47)43-53(49,50)27-19-20-27)23-34(45)33-21-26(24-44(33)36(32)46)51-35-30-16-10-9-14-28(30)29-15-11-12-17-31(29)41-35/h7,9-10,13-14,16,25-27,32-33H,4-6,8,11-12,15,17-24H2,1-3H3,(H,42,48)(H,43,47)/b13-7-/t25-,26-,32+,33+,40-/m1/s1. The number of ether oxygens (including phenoxy) is 2. The molecule has 3 aliphatic carbocycles. The second kappa shape index (κ2) is 14.7. The van der Waals surface area contributed by atoms with E-state index >= 15 is 0 Å². The Morgan fingerprint density at radius 2 is 1.74 bits per heavy atom. The number of hydrogen-bond donors (Lipinski definition) is 2. The third-order valence-electron chi connectivity index (χ3n) is 11.3. The van der Waals surface area contributed by atoms with E-state index in [0.29, 0.717) is 38.0 Å². The summed E-state index contributed by atoms with van der Waals surface area (Å²) in [6.45, 7) is 5.33. The minimum absolute atomic E-state index is 0.0768. The van der Waals surface area contributed by atoms with E-state index in [2.05, 4.69) is 16.1 Å². The third-order valence-corrected chi connectivity index (χ3v) is 13.2. The van der Waals surface area contributed by atoms with Crippen LogP contribution in [0.1, 0.15) is 109 Å². The lowest BCUT2D eigenvalue weighted by Gasteiger charge is -2.30. The molecule has 1 saturated heterocycles. The Labute approximate surface area is 311 Å². The van der Waals surface area contributed by atoms with E-state index in [9.17, 15) is 27.6 Å². The lowest BCUT2D eigenvalue weighted by molar-refractivity contribution is -0.140. The fourth-order valence-corrected chi connectivity index (χ4v) is 9.69. The molecule has 0 radical (unpaired) electrons. The number of amides is 3. The smallest absolute Gasteiger partial charge is 0.408 e. The maximum Gasteiger partial charge on any atom is 0.408 e. The largest absolute Gasteiger partial charge is 0.472 e. The lowest BCUT2D eigenvalue weighted by Crippen LogP contribution is -2.53. The van der Waals surface area contributed by atoms with Crippen LogP contribution >= 0.6 is 0 Å². The van der Waals surface area contributed by atoms with Crippen molar-refractivity contribution in [2.75, 3.05) is 6.54 Å². The van der Waals surface area contributed by atoms with Crippen LogP contribution in [0.4, 0.5) is 4.79 Å². The Bertz CT molecular complexity index is 1920. The molecule has 2 aliphatic heterocycles. The number of ketones is 1. The molecule has 286 valence electrons. The first-order chi connectivity index (χ1) is 25.2. The minimum Gasteiger partial charge on any atom is -0.472 e. The Kier molecular flexibility index (Phi) is 10.3. The molecule has 1 aromatic heterocycles.